The summed E-state index contributed by atoms with van der Waals surface area (Å²) in [6.07, 6.45) is -6.93. The van der Waals surface area contributed by atoms with Crippen molar-refractivity contribution >= 4 is 0 Å². The lowest BCUT2D eigenvalue weighted by Crippen LogP contribution is -2.41. The molecule has 0 aliphatic rings. The van der Waals surface area contributed by atoms with Crippen molar-refractivity contribution in [1.29, 1.82) is 0 Å². The predicted octanol–water partition coefficient (Wildman–Crippen LogP) is 2.99. The molecule has 1 rings (SSSR count). The average molecular weight is 273 g/mol. The van der Waals surface area contributed by atoms with Gasteiger partial charge >= 0.3 is 6.18 Å². The van der Waals surface area contributed by atoms with Crippen LogP contribution in [0.15, 0.2) is 42.5 Å². The summed E-state index contributed by atoms with van der Waals surface area (Å²) >= 11 is 0. The number of aliphatic hydroxyl groups is 1. The highest BCUT2D eigenvalue weighted by Crippen LogP contribution is 2.21. The van der Waals surface area contributed by atoms with E-state index in [2.05, 4.69) is 6.58 Å². The van der Waals surface area contributed by atoms with Crippen LogP contribution in [-0.4, -0.2) is 35.4 Å². The second-order valence-electron chi connectivity index (χ2n) is 4.67. The van der Waals surface area contributed by atoms with Gasteiger partial charge in [0.25, 0.3) is 0 Å². The lowest BCUT2D eigenvalue weighted by atomic mass is 10.2. The van der Waals surface area contributed by atoms with Crippen LogP contribution in [0.5, 0.6) is 0 Å². The first-order valence-corrected chi connectivity index (χ1v) is 5.94. The lowest BCUT2D eigenvalue weighted by Gasteiger charge is -2.26. The first-order chi connectivity index (χ1) is 8.79. The molecule has 0 aliphatic heterocycles. The van der Waals surface area contributed by atoms with Gasteiger partial charge in [-0.3, -0.25) is 4.90 Å². The molecule has 2 nitrogen and oxygen atoms in total. The Hall–Kier alpha value is -1.33. The molecule has 0 radical (unpaired) electrons. The van der Waals surface area contributed by atoms with Crippen LogP contribution in [0.3, 0.4) is 0 Å². The van der Waals surface area contributed by atoms with E-state index in [0.29, 0.717) is 13.1 Å². The maximum absolute atomic E-state index is 12.4. The molecule has 1 N–H and O–H groups in total. The normalized spacial score (nSPS) is 13.6. The maximum atomic E-state index is 12.4. The second kappa shape index (κ2) is 6.73. The van der Waals surface area contributed by atoms with Gasteiger partial charge in [-0.05, 0) is 12.5 Å². The molecule has 0 saturated heterocycles. The van der Waals surface area contributed by atoms with E-state index in [9.17, 15) is 13.2 Å². The van der Waals surface area contributed by atoms with Crippen LogP contribution in [0, 0.1) is 0 Å². The molecule has 1 aromatic rings. The molecule has 1 unspecified atom stereocenters. The largest absolute Gasteiger partial charge is 0.415 e. The smallest absolute Gasteiger partial charge is 0.382 e. The summed E-state index contributed by atoms with van der Waals surface area (Å²) in [4.78, 5) is 1.54. The van der Waals surface area contributed by atoms with E-state index in [-0.39, 0.29) is 0 Å². The average Bonchev–Trinajstić information content (AvgIpc) is 2.28. The van der Waals surface area contributed by atoms with Crippen molar-refractivity contribution in [3.8, 4) is 0 Å². The minimum atomic E-state index is -4.59. The Morgan fingerprint density at radius 2 is 1.89 bits per heavy atom. The minimum Gasteiger partial charge on any atom is -0.382 e. The Kier molecular flexibility index (Phi) is 5.57. The summed E-state index contributed by atoms with van der Waals surface area (Å²) < 4.78 is 37.2. The fourth-order valence-electron chi connectivity index (χ4n) is 1.76. The van der Waals surface area contributed by atoms with Gasteiger partial charge in [0, 0.05) is 19.6 Å². The number of hydrogen-bond acceptors (Lipinski definition) is 2. The molecule has 0 spiro atoms. The minimum absolute atomic E-state index is 0.321. The standard InChI is InChI=1S/C14H18F3NO/c1-11(2)8-18(10-13(19)14(15,16)17)9-12-6-4-3-5-7-12/h3-7,13,19H,1,8-10H2,2H3. The lowest BCUT2D eigenvalue weighted by molar-refractivity contribution is -0.208. The number of halogens is 3. The Labute approximate surface area is 111 Å². The van der Waals surface area contributed by atoms with E-state index in [1.54, 1.807) is 6.92 Å². The number of alkyl halides is 3. The van der Waals surface area contributed by atoms with E-state index in [0.717, 1.165) is 11.1 Å². The first-order valence-electron chi connectivity index (χ1n) is 5.94. The Morgan fingerprint density at radius 3 is 2.37 bits per heavy atom. The van der Waals surface area contributed by atoms with Crippen LogP contribution in [0.25, 0.3) is 0 Å². The van der Waals surface area contributed by atoms with Gasteiger partial charge in [0.15, 0.2) is 6.10 Å². The van der Waals surface area contributed by atoms with Crippen LogP contribution in [0.2, 0.25) is 0 Å². The molecule has 0 heterocycles. The number of hydrogen-bond donors (Lipinski definition) is 1. The van der Waals surface area contributed by atoms with Gasteiger partial charge in [0.1, 0.15) is 0 Å². The van der Waals surface area contributed by atoms with Crippen molar-refractivity contribution in [3.05, 3.63) is 48.0 Å². The number of nitrogens with zero attached hydrogens (tertiary/aromatic N) is 1. The van der Waals surface area contributed by atoms with E-state index in [4.69, 9.17) is 5.11 Å². The quantitative estimate of drug-likeness (QED) is 0.805. The SMILES string of the molecule is C=C(C)CN(Cc1ccccc1)CC(O)C(F)(F)F. The third-order valence-corrected chi connectivity index (χ3v) is 2.55. The fraction of sp³-hybridized carbons (Fsp3) is 0.429. The van der Waals surface area contributed by atoms with Crippen LogP contribution in [0.4, 0.5) is 13.2 Å². The van der Waals surface area contributed by atoms with E-state index in [1.807, 2.05) is 30.3 Å². The highest BCUT2D eigenvalue weighted by Gasteiger charge is 2.39. The second-order valence-corrected chi connectivity index (χ2v) is 4.67. The first kappa shape index (κ1) is 15.7. The Morgan fingerprint density at radius 1 is 1.32 bits per heavy atom. The summed E-state index contributed by atoms with van der Waals surface area (Å²) in [6.45, 7) is 5.67. The van der Waals surface area contributed by atoms with Crippen molar-refractivity contribution in [2.24, 2.45) is 0 Å². The molecule has 106 valence electrons. The predicted molar refractivity (Wildman–Crippen MR) is 68.6 cm³/mol. The van der Waals surface area contributed by atoms with Crippen LogP contribution >= 0.6 is 0 Å². The molecule has 0 aromatic heterocycles. The van der Waals surface area contributed by atoms with Crippen LogP contribution < -0.4 is 0 Å². The summed E-state index contributed by atoms with van der Waals surface area (Å²) in [5, 5.41) is 9.15. The van der Waals surface area contributed by atoms with E-state index < -0.39 is 18.8 Å². The summed E-state index contributed by atoms with van der Waals surface area (Å²) in [7, 11) is 0. The zero-order valence-corrected chi connectivity index (χ0v) is 10.8. The maximum Gasteiger partial charge on any atom is 0.415 e. The highest BCUT2D eigenvalue weighted by atomic mass is 19.4. The van der Waals surface area contributed by atoms with Crippen LogP contribution in [-0.2, 0) is 6.54 Å². The molecule has 5 heteroatoms. The van der Waals surface area contributed by atoms with Gasteiger partial charge < -0.3 is 5.11 Å². The van der Waals surface area contributed by atoms with Crippen molar-refractivity contribution in [2.45, 2.75) is 25.7 Å². The molecular weight excluding hydrogens is 255 g/mol. The molecule has 0 saturated carbocycles. The molecular formula is C14H18F3NO. The van der Waals surface area contributed by atoms with Crippen molar-refractivity contribution in [3.63, 3.8) is 0 Å². The van der Waals surface area contributed by atoms with Crippen molar-refractivity contribution in [1.82, 2.24) is 4.90 Å². The molecule has 1 atom stereocenters. The third-order valence-electron chi connectivity index (χ3n) is 2.55. The molecule has 1 aromatic carbocycles. The Bertz CT molecular complexity index is 403. The zero-order chi connectivity index (χ0) is 14.5. The third kappa shape index (κ3) is 5.89. The summed E-state index contributed by atoms with van der Waals surface area (Å²) in [6, 6.07) is 9.18. The van der Waals surface area contributed by atoms with E-state index >= 15 is 0 Å². The molecule has 0 fully saturated rings. The molecule has 19 heavy (non-hydrogen) atoms. The highest BCUT2D eigenvalue weighted by molar-refractivity contribution is 5.14. The van der Waals surface area contributed by atoms with Gasteiger partial charge in [-0.15, -0.1) is 0 Å². The summed E-state index contributed by atoms with van der Waals surface area (Å²) in [5.74, 6) is 0. The van der Waals surface area contributed by atoms with Gasteiger partial charge in [-0.25, -0.2) is 0 Å². The van der Waals surface area contributed by atoms with Crippen molar-refractivity contribution in [2.75, 3.05) is 13.1 Å². The van der Waals surface area contributed by atoms with Gasteiger partial charge in [0.05, 0.1) is 0 Å². The fourth-order valence-corrected chi connectivity index (χ4v) is 1.76. The van der Waals surface area contributed by atoms with Gasteiger partial charge in [-0.1, -0.05) is 42.5 Å². The van der Waals surface area contributed by atoms with Gasteiger partial charge in [-0.2, -0.15) is 13.2 Å². The number of aliphatic hydroxyl groups excluding tert-OH is 1. The molecule has 0 bridgehead atoms. The number of rotatable bonds is 6. The zero-order valence-electron chi connectivity index (χ0n) is 10.8. The number of benzene rings is 1. The van der Waals surface area contributed by atoms with Crippen LogP contribution in [0.1, 0.15) is 12.5 Å². The van der Waals surface area contributed by atoms with Crippen molar-refractivity contribution < 1.29 is 18.3 Å². The molecule has 0 aliphatic carbocycles. The molecule has 0 amide bonds. The summed E-state index contributed by atoms with van der Waals surface area (Å²) in [5.41, 5.74) is 1.66. The van der Waals surface area contributed by atoms with Gasteiger partial charge in [0.2, 0.25) is 0 Å². The Balaban J connectivity index is 2.70. The van der Waals surface area contributed by atoms with E-state index in [1.165, 1.54) is 4.90 Å². The topological polar surface area (TPSA) is 23.5 Å². The monoisotopic (exact) mass is 273 g/mol.